The second-order valence-corrected chi connectivity index (χ2v) is 6.36. The van der Waals surface area contributed by atoms with Gasteiger partial charge in [0, 0.05) is 37.2 Å². The molecule has 0 aliphatic heterocycles. The molecular weight excluding hydrogens is 372 g/mol. The van der Waals surface area contributed by atoms with Crippen LogP contribution in [0.4, 0.5) is 5.69 Å². The summed E-state index contributed by atoms with van der Waals surface area (Å²) in [6.45, 7) is -0.0899. The summed E-state index contributed by atoms with van der Waals surface area (Å²) in [6.07, 6.45) is 2.30. The Morgan fingerprint density at radius 1 is 1.03 bits per heavy atom. The van der Waals surface area contributed by atoms with Gasteiger partial charge < -0.3 is 20.3 Å². The van der Waals surface area contributed by atoms with Gasteiger partial charge in [-0.3, -0.25) is 14.4 Å². The molecule has 3 N–H and O–H groups in total. The van der Waals surface area contributed by atoms with Crippen molar-refractivity contribution >= 4 is 23.3 Å². The zero-order chi connectivity index (χ0) is 20.8. The molecule has 1 atom stereocenters. The zero-order valence-electron chi connectivity index (χ0n) is 15.7. The number of hydrogen-bond donors (Lipinski definition) is 3. The van der Waals surface area contributed by atoms with Crippen LogP contribution in [0.1, 0.15) is 27.8 Å². The van der Waals surface area contributed by atoms with Crippen LogP contribution >= 0.6 is 0 Å². The molecule has 29 heavy (non-hydrogen) atoms. The van der Waals surface area contributed by atoms with Crippen LogP contribution in [0.5, 0.6) is 0 Å². The minimum Gasteiger partial charge on any atom is -0.387 e. The van der Waals surface area contributed by atoms with E-state index in [2.05, 4.69) is 15.6 Å². The number of benzene rings is 2. The third kappa shape index (κ3) is 4.94. The number of imidazole rings is 1. The van der Waals surface area contributed by atoms with Gasteiger partial charge in [0.05, 0.1) is 6.10 Å². The van der Waals surface area contributed by atoms with Crippen molar-refractivity contribution in [2.45, 2.75) is 6.10 Å². The summed E-state index contributed by atoms with van der Waals surface area (Å²) in [5, 5.41) is 14.9. The van der Waals surface area contributed by atoms with Gasteiger partial charge in [-0.1, -0.05) is 30.3 Å². The minimum atomic E-state index is -0.913. The van der Waals surface area contributed by atoms with Crippen LogP contribution in [-0.4, -0.2) is 38.8 Å². The average Bonchev–Trinajstić information content (AvgIpc) is 3.18. The molecule has 0 saturated carbocycles. The Morgan fingerprint density at radius 2 is 1.72 bits per heavy atom. The van der Waals surface area contributed by atoms with Gasteiger partial charge in [-0.05, 0) is 29.8 Å². The number of carbonyl (C=O) groups is 3. The Kier molecular flexibility index (Phi) is 6.16. The molecule has 2 amide bonds. The van der Waals surface area contributed by atoms with E-state index in [-0.39, 0.29) is 12.3 Å². The van der Waals surface area contributed by atoms with Crippen molar-refractivity contribution in [3.05, 3.63) is 83.9 Å². The molecule has 3 aromatic rings. The van der Waals surface area contributed by atoms with Crippen molar-refractivity contribution in [2.75, 3.05) is 11.9 Å². The molecule has 3 rings (SSSR count). The smallest absolute Gasteiger partial charge is 0.313 e. The second-order valence-electron chi connectivity index (χ2n) is 6.36. The van der Waals surface area contributed by atoms with Gasteiger partial charge >= 0.3 is 11.8 Å². The summed E-state index contributed by atoms with van der Waals surface area (Å²) in [4.78, 5) is 40.4. The first kappa shape index (κ1) is 20.0. The van der Waals surface area contributed by atoms with Crippen LogP contribution in [0, 0.1) is 0 Å². The zero-order valence-corrected chi connectivity index (χ0v) is 15.7. The highest BCUT2D eigenvalue weighted by atomic mass is 16.3. The lowest BCUT2D eigenvalue weighted by Crippen LogP contribution is -2.37. The monoisotopic (exact) mass is 392 g/mol. The first-order chi connectivity index (χ1) is 14.0. The molecule has 1 unspecified atom stereocenters. The van der Waals surface area contributed by atoms with Crippen LogP contribution in [0.15, 0.2) is 67.0 Å². The number of carbonyl (C=O) groups excluding carboxylic acids is 3. The third-order valence-corrected chi connectivity index (χ3v) is 4.28. The molecular formula is C21H20N4O4. The fourth-order valence-corrected chi connectivity index (χ4v) is 2.67. The van der Waals surface area contributed by atoms with Gasteiger partial charge in [0.1, 0.15) is 0 Å². The number of aliphatic hydroxyl groups is 1. The van der Waals surface area contributed by atoms with Crippen LogP contribution < -0.4 is 10.6 Å². The molecule has 8 heteroatoms. The van der Waals surface area contributed by atoms with Gasteiger partial charge in [-0.25, -0.2) is 4.98 Å². The topological polar surface area (TPSA) is 113 Å². The molecule has 0 radical (unpaired) electrons. The number of aromatic nitrogens is 2. The van der Waals surface area contributed by atoms with E-state index in [4.69, 9.17) is 0 Å². The maximum atomic E-state index is 12.4. The van der Waals surface area contributed by atoms with Gasteiger partial charge in [0.25, 0.3) is 0 Å². The van der Waals surface area contributed by atoms with Crippen molar-refractivity contribution in [1.82, 2.24) is 14.9 Å². The number of aryl methyl sites for hydroxylation is 1. The summed E-state index contributed by atoms with van der Waals surface area (Å²) >= 11 is 0. The molecule has 1 heterocycles. The maximum absolute atomic E-state index is 12.4. The molecule has 0 saturated heterocycles. The number of amides is 2. The Morgan fingerprint density at radius 3 is 2.34 bits per heavy atom. The molecule has 0 aliphatic rings. The second kappa shape index (κ2) is 8.94. The van der Waals surface area contributed by atoms with Crippen LogP contribution in [-0.2, 0) is 16.6 Å². The predicted octanol–water partition coefficient (Wildman–Crippen LogP) is 1.44. The maximum Gasteiger partial charge on any atom is 0.313 e. The number of rotatable bonds is 6. The van der Waals surface area contributed by atoms with E-state index in [9.17, 15) is 19.5 Å². The van der Waals surface area contributed by atoms with E-state index in [0.717, 1.165) is 0 Å². The van der Waals surface area contributed by atoms with Crippen molar-refractivity contribution in [2.24, 2.45) is 7.05 Å². The Hall–Kier alpha value is -3.78. The van der Waals surface area contributed by atoms with Gasteiger partial charge in [-0.2, -0.15) is 0 Å². The van der Waals surface area contributed by atoms with Gasteiger partial charge in [0.15, 0.2) is 5.82 Å². The summed E-state index contributed by atoms with van der Waals surface area (Å²) in [7, 11) is 1.72. The normalized spacial score (nSPS) is 11.5. The lowest BCUT2D eigenvalue weighted by Gasteiger charge is -2.12. The molecule has 0 bridgehead atoms. The van der Waals surface area contributed by atoms with E-state index in [0.29, 0.717) is 22.6 Å². The number of hydrogen-bond acceptors (Lipinski definition) is 5. The number of nitrogens with one attached hydrogen (secondary N) is 2. The fraction of sp³-hybridized carbons (Fsp3) is 0.143. The first-order valence-corrected chi connectivity index (χ1v) is 8.90. The SMILES string of the molecule is Cn1ccnc1C(=O)c1ccc(NC(=O)C(=O)NCC(O)c2ccccc2)cc1. The average molecular weight is 392 g/mol. The van der Waals surface area contributed by atoms with E-state index in [1.54, 1.807) is 54.2 Å². The summed E-state index contributed by atoms with van der Waals surface area (Å²) in [5.74, 6) is -1.68. The molecule has 148 valence electrons. The molecule has 0 fully saturated rings. The first-order valence-electron chi connectivity index (χ1n) is 8.90. The minimum absolute atomic E-state index is 0.0899. The molecule has 1 aromatic heterocycles. The molecule has 0 aliphatic carbocycles. The Labute approximate surface area is 167 Å². The standard InChI is InChI=1S/C21H20N4O4/c1-25-12-11-22-19(25)18(27)15-7-9-16(10-8-15)24-21(29)20(28)23-13-17(26)14-5-3-2-4-6-14/h2-12,17,26H,13H2,1H3,(H,23,28)(H,24,29). The van der Waals surface area contributed by atoms with Crippen LogP contribution in [0.3, 0.4) is 0 Å². The summed E-state index contributed by atoms with van der Waals surface area (Å²) in [5.41, 5.74) is 1.42. The van der Waals surface area contributed by atoms with Crippen molar-refractivity contribution in [3.63, 3.8) is 0 Å². The lowest BCUT2D eigenvalue weighted by atomic mass is 10.1. The highest BCUT2D eigenvalue weighted by molar-refractivity contribution is 6.39. The highest BCUT2D eigenvalue weighted by Crippen LogP contribution is 2.13. The van der Waals surface area contributed by atoms with E-state index in [1.807, 2.05) is 6.07 Å². The number of anilines is 1. The summed E-state index contributed by atoms with van der Waals surface area (Å²) < 4.78 is 1.62. The van der Waals surface area contributed by atoms with E-state index >= 15 is 0 Å². The quantitative estimate of drug-likeness (QED) is 0.434. The molecule has 8 nitrogen and oxygen atoms in total. The van der Waals surface area contributed by atoms with E-state index in [1.165, 1.54) is 18.3 Å². The van der Waals surface area contributed by atoms with Crippen molar-refractivity contribution in [1.29, 1.82) is 0 Å². The molecule has 0 spiro atoms. The van der Waals surface area contributed by atoms with Crippen molar-refractivity contribution in [3.8, 4) is 0 Å². The Balaban J connectivity index is 1.54. The summed E-state index contributed by atoms with van der Waals surface area (Å²) in [6, 6.07) is 15.0. The van der Waals surface area contributed by atoms with E-state index < -0.39 is 17.9 Å². The van der Waals surface area contributed by atoms with Gasteiger partial charge in [-0.15, -0.1) is 0 Å². The number of aliphatic hydroxyl groups excluding tert-OH is 1. The third-order valence-electron chi connectivity index (χ3n) is 4.28. The largest absolute Gasteiger partial charge is 0.387 e. The van der Waals surface area contributed by atoms with Crippen molar-refractivity contribution < 1.29 is 19.5 Å². The fourth-order valence-electron chi connectivity index (χ4n) is 2.67. The molecule has 2 aromatic carbocycles. The van der Waals surface area contributed by atoms with Crippen LogP contribution in [0.2, 0.25) is 0 Å². The Bertz CT molecular complexity index is 1010. The lowest BCUT2D eigenvalue weighted by molar-refractivity contribution is -0.136. The predicted molar refractivity (Wildman–Crippen MR) is 106 cm³/mol. The number of ketones is 1. The van der Waals surface area contributed by atoms with Gasteiger partial charge in [0.2, 0.25) is 5.78 Å². The highest BCUT2D eigenvalue weighted by Gasteiger charge is 2.17. The van der Waals surface area contributed by atoms with Crippen LogP contribution in [0.25, 0.3) is 0 Å². The number of nitrogens with zero attached hydrogens (tertiary/aromatic N) is 2.